The van der Waals surface area contributed by atoms with E-state index in [1.54, 1.807) is 0 Å². The second-order valence-electron chi connectivity index (χ2n) is 9.50. The van der Waals surface area contributed by atoms with Gasteiger partial charge in [-0.3, -0.25) is 0 Å². The molecule has 0 heterocycles. The third kappa shape index (κ3) is 8.31. The van der Waals surface area contributed by atoms with Crippen LogP contribution in [0, 0.1) is 0 Å². The molecule has 0 bridgehead atoms. The molecule has 2 nitrogen and oxygen atoms in total. The van der Waals surface area contributed by atoms with E-state index in [2.05, 4.69) is 0 Å². The van der Waals surface area contributed by atoms with Crippen molar-refractivity contribution in [2.45, 2.75) is 22.9 Å². The van der Waals surface area contributed by atoms with Crippen LogP contribution in [0.4, 0.5) is 26.3 Å². The molecular weight excluding hydrogens is 633 g/mol. The summed E-state index contributed by atoms with van der Waals surface area (Å²) in [6.07, 6.45) is -4.09. The predicted octanol–water partition coefficient (Wildman–Crippen LogP) is 10.7. The van der Waals surface area contributed by atoms with E-state index >= 15 is 0 Å². The van der Waals surface area contributed by atoms with Gasteiger partial charge in [-0.25, -0.2) is 8.42 Å². The normalized spacial score (nSPS) is 14.3. The molecule has 0 amide bonds. The molecule has 0 saturated heterocycles. The number of hydrogen-bond acceptors (Lipinski definition) is 2. The lowest BCUT2D eigenvalue weighted by Crippen LogP contribution is -2.19. The highest BCUT2D eigenvalue weighted by atomic mass is 35.5. The average Bonchev–Trinajstić information content (AvgIpc) is 2.94. The minimum atomic E-state index is -4.60. The van der Waals surface area contributed by atoms with E-state index in [9.17, 15) is 34.8 Å². The molecule has 224 valence electrons. The Morgan fingerprint density at radius 2 is 0.907 bits per heavy atom. The summed E-state index contributed by atoms with van der Waals surface area (Å²) in [7, 11) is -4.32. The van der Waals surface area contributed by atoms with Crippen molar-refractivity contribution in [1.29, 1.82) is 0 Å². The van der Waals surface area contributed by atoms with Crippen LogP contribution in [0.2, 0.25) is 10.0 Å². The summed E-state index contributed by atoms with van der Waals surface area (Å²) < 4.78 is 108. The van der Waals surface area contributed by atoms with Gasteiger partial charge in [0.15, 0.2) is 9.84 Å². The standard InChI is InChI=1S/C32H22Cl2F6O2S/c33-27-13-9-23(10-14-27)29(17-7-21-3-1-5-25(19-21)31(35,36)37)43(41,42)30(24-11-15-28(34)16-12-24)18-8-22-4-2-6-26(20-22)32(38,39)40/h1-20,29-30H. The van der Waals surface area contributed by atoms with Gasteiger partial charge >= 0.3 is 12.4 Å². The molecule has 43 heavy (non-hydrogen) atoms. The van der Waals surface area contributed by atoms with Gasteiger partial charge in [0.05, 0.1) is 11.1 Å². The highest BCUT2D eigenvalue weighted by molar-refractivity contribution is 7.92. The quantitative estimate of drug-likeness (QED) is 0.177. The Bertz CT molecular complexity index is 1600. The molecule has 11 heteroatoms. The van der Waals surface area contributed by atoms with Crippen LogP contribution < -0.4 is 0 Å². The van der Waals surface area contributed by atoms with Gasteiger partial charge in [0, 0.05) is 10.0 Å². The van der Waals surface area contributed by atoms with Crippen molar-refractivity contribution in [3.05, 3.63) is 153 Å². The first-order valence-corrected chi connectivity index (χ1v) is 15.0. The van der Waals surface area contributed by atoms with Gasteiger partial charge in [-0.1, -0.05) is 96.0 Å². The summed E-state index contributed by atoms with van der Waals surface area (Å²) in [6, 6.07) is 20.7. The van der Waals surface area contributed by atoms with Crippen molar-refractivity contribution < 1.29 is 34.8 Å². The third-order valence-electron chi connectivity index (χ3n) is 6.46. The molecule has 0 N–H and O–H groups in total. The zero-order valence-corrected chi connectivity index (χ0v) is 24.3. The van der Waals surface area contributed by atoms with Crippen LogP contribution in [0.3, 0.4) is 0 Å². The fourth-order valence-corrected chi connectivity index (χ4v) is 6.55. The first kappa shape index (κ1) is 32.4. The van der Waals surface area contributed by atoms with Crippen LogP contribution in [0.25, 0.3) is 12.2 Å². The zero-order chi connectivity index (χ0) is 31.4. The largest absolute Gasteiger partial charge is 0.416 e. The molecule has 0 aliphatic heterocycles. The summed E-state index contributed by atoms with van der Waals surface area (Å²) in [4.78, 5) is 0. The van der Waals surface area contributed by atoms with Gasteiger partial charge in [-0.2, -0.15) is 26.3 Å². The van der Waals surface area contributed by atoms with E-state index in [0.717, 1.165) is 24.3 Å². The molecule has 2 atom stereocenters. The number of benzene rings is 4. The Morgan fingerprint density at radius 3 is 1.23 bits per heavy atom. The van der Waals surface area contributed by atoms with Gasteiger partial charge in [-0.15, -0.1) is 0 Å². The second-order valence-corrected chi connectivity index (χ2v) is 12.6. The summed E-state index contributed by atoms with van der Waals surface area (Å²) in [5.74, 6) is 0. The number of rotatable bonds is 8. The van der Waals surface area contributed by atoms with E-state index in [4.69, 9.17) is 23.2 Å². The Hall–Kier alpha value is -3.53. The van der Waals surface area contributed by atoms with Crippen molar-refractivity contribution in [2.24, 2.45) is 0 Å². The molecule has 0 fully saturated rings. The van der Waals surface area contributed by atoms with Crippen molar-refractivity contribution in [3.63, 3.8) is 0 Å². The van der Waals surface area contributed by atoms with Gasteiger partial charge in [0.1, 0.15) is 10.5 Å². The summed E-state index contributed by atoms with van der Waals surface area (Å²) in [6.45, 7) is 0. The fraction of sp³-hybridized carbons (Fsp3) is 0.125. The lowest BCUT2D eigenvalue weighted by molar-refractivity contribution is -0.138. The lowest BCUT2D eigenvalue weighted by Gasteiger charge is -2.22. The van der Waals surface area contributed by atoms with Crippen molar-refractivity contribution in [1.82, 2.24) is 0 Å². The minimum Gasteiger partial charge on any atom is -0.227 e. The summed E-state index contributed by atoms with van der Waals surface area (Å²) in [5.41, 5.74) is -1.01. The van der Waals surface area contributed by atoms with E-state index in [1.165, 1.54) is 97.1 Å². The Balaban J connectivity index is 1.83. The van der Waals surface area contributed by atoms with Gasteiger partial charge in [0.25, 0.3) is 0 Å². The van der Waals surface area contributed by atoms with E-state index in [1.807, 2.05) is 0 Å². The Labute approximate surface area is 254 Å². The van der Waals surface area contributed by atoms with Crippen molar-refractivity contribution >= 4 is 45.2 Å². The third-order valence-corrected chi connectivity index (χ3v) is 9.24. The maximum Gasteiger partial charge on any atom is 0.416 e. The molecule has 0 radical (unpaired) electrons. The number of alkyl halides is 6. The zero-order valence-electron chi connectivity index (χ0n) is 22.0. The molecular formula is C32H22Cl2F6O2S. The monoisotopic (exact) mass is 654 g/mol. The maximum atomic E-state index is 14.4. The topological polar surface area (TPSA) is 34.1 Å². The first-order chi connectivity index (χ1) is 20.1. The van der Waals surface area contributed by atoms with Crippen LogP contribution in [-0.4, -0.2) is 8.42 Å². The van der Waals surface area contributed by atoms with E-state index in [0.29, 0.717) is 10.0 Å². The minimum absolute atomic E-state index is 0.117. The summed E-state index contributed by atoms with van der Waals surface area (Å²) >= 11 is 12.0. The van der Waals surface area contributed by atoms with Crippen LogP contribution in [0.15, 0.2) is 109 Å². The molecule has 0 aliphatic carbocycles. The van der Waals surface area contributed by atoms with Crippen molar-refractivity contribution in [3.8, 4) is 0 Å². The molecule has 4 rings (SSSR count). The molecule has 0 saturated carbocycles. The van der Waals surface area contributed by atoms with E-state index in [-0.39, 0.29) is 22.3 Å². The number of hydrogen-bond donors (Lipinski definition) is 0. The van der Waals surface area contributed by atoms with Gasteiger partial charge in [-0.05, 0) is 70.8 Å². The Kier molecular flexibility index (Phi) is 9.79. The second kappa shape index (κ2) is 13.0. The first-order valence-electron chi connectivity index (χ1n) is 12.6. The van der Waals surface area contributed by atoms with Gasteiger partial charge < -0.3 is 0 Å². The molecule has 4 aromatic carbocycles. The molecule has 0 spiro atoms. The van der Waals surface area contributed by atoms with Crippen LogP contribution in [0.5, 0.6) is 0 Å². The maximum absolute atomic E-state index is 14.4. The van der Waals surface area contributed by atoms with Crippen LogP contribution in [-0.2, 0) is 22.2 Å². The van der Waals surface area contributed by atoms with E-state index < -0.39 is 43.8 Å². The Morgan fingerprint density at radius 1 is 0.558 bits per heavy atom. The molecule has 0 aliphatic rings. The lowest BCUT2D eigenvalue weighted by atomic mass is 10.1. The number of sulfone groups is 1. The summed E-state index contributed by atoms with van der Waals surface area (Å²) in [5, 5.41) is -2.10. The van der Waals surface area contributed by atoms with Gasteiger partial charge in [0.2, 0.25) is 0 Å². The molecule has 2 unspecified atom stereocenters. The fourth-order valence-electron chi connectivity index (χ4n) is 4.32. The average molecular weight is 655 g/mol. The SMILES string of the molecule is O=S(=O)(C(C=Cc1cccc(C(F)(F)F)c1)c1ccc(Cl)cc1)C(C=Cc1cccc(C(F)(F)F)c1)c1ccc(Cl)cc1. The highest BCUT2D eigenvalue weighted by Crippen LogP contribution is 2.39. The van der Waals surface area contributed by atoms with Crippen LogP contribution >= 0.6 is 23.2 Å². The van der Waals surface area contributed by atoms with Crippen molar-refractivity contribution in [2.75, 3.05) is 0 Å². The molecule has 4 aromatic rings. The highest BCUT2D eigenvalue weighted by Gasteiger charge is 2.34. The molecule has 0 aromatic heterocycles. The predicted molar refractivity (Wildman–Crippen MR) is 158 cm³/mol. The van der Waals surface area contributed by atoms with Crippen LogP contribution in [0.1, 0.15) is 43.9 Å². The number of halogens is 8. The smallest absolute Gasteiger partial charge is 0.227 e.